The van der Waals surface area contributed by atoms with E-state index in [1.807, 2.05) is 14.2 Å². The molecule has 1 fully saturated rings. The third kappa shape index (κ3) is 3.83. The molecule has 2 unspecified atom stereocenters. The van der Waals surface area contributed by atoms with Gasteiger partial charge in [0.2, 0.25) is 0 Å². The van der Waals surface area contributed by atoms with E-state index in [1.54, 1.807) is 0 Å². The first-order chi connectivity index (χ1) is 9.78. The summed E-state index contributed by atoms with van der Waals surface area (Å²) in [6.07, 6.45) is 10.9. The third-order valence-electron chi connectivity index (χ3n) is 4.49. The Balaban J connectivity index is 1.96. The molecule has 1 aliphatic rings. The van der Waals surface area contributed by atoms with Gasteiger partial charge in [0.25, 0.3) is 0 Å². The maximum Gasteiger partial charge on any atom is 0.0727 e. The Morgan fingerprint density at radius 1 is 1.45 bits per heavy atom. The lowest BCUT2D eigenvalue weighted by Gasteiger charge is -2.24. The molecule has 0 spiro atoms. The van der Waals surface area contributed by atoms with Gasteiger partial charge in [-0.05, 0) is 32.4 Å². The molecule has 4 nitrogen and oxygen atoms in total. The quantitative estimate of drug-likeness (QED) is 0.795. The average Bonchev–Trinajstić information content (AvgIpc) is 3.13. The van der Waals surface area contributed by atoms with Crippen LogP contribution in [0.2, 0.25) is 0 Å². The summed E-state index contributed by atoms with van der Waals surface area (Å²) < 4.78 is 7.80. The molecule has 1 N–H and O–H groups in total. The lowest BCUT2D eigenvalue weighted by molar-refractivity contribution is 0.0629. The number of nitrogens with one attached hydrogen (secondary N) is 1. The second-order valence-corrected chi connectivity index (χ2v) is 5.89. The van der Waals surface area contributed by atoms with E-state index < -0.39 is 0 Å². The van der Waals surface area contributed by atoms with Gasteiger partial charge in [-0.3, -0.25) is 4.68 Å². The molecule has 20 heavy (non-hydrogen) atoms. The van der Waals surface area contributed by atoms with Crippen molar-refractivity contribution < 1.29 is 4.74 Å². The molecule has 0 bridgehead atoms. The van der Waals surface area contributed by atoms with Crippen molar-refractivity contribution in [3.8, 4) is 0 Å². The minimum absolute atomic E-state index is 0.265. The Kier molecular flexibility index (Phi) is 6.05. The van der Waals surface area contributed by atoms with Crippen molar-refractivity contribution >= 4 is 0 Å². The number of likely N-dealkylation sites (N-methyl/N-ethyl adjacent to an activating group) is 1. The Hall–Kier alpha value is -0.870. The van der Waals surface area contributed by atoms with Gasteiger partial charge < -0.3 is 10.1 Å². The summed E-state index contributed by atoms with van der Waals surface area (Å²) in [5.41, 5.74) is 1.18. The van der Waals surface area contributed by atoms with Gasteiger partial charge in [0, 0.05) is 25.8 Å². The van der Waals surface area contributed by atoms with Crippen LogP contribution in [0.1, 0.15) is 57.2 Å². The summed E-state index contributed by atoms with van der Waals surface area (Å²) in [7, 11) is 3.82. The lowest BCUT2D eigenvalue weighted by atomic mass is 10.0. The SMILES string of the molecule is CCCC(OC)C(Cc1ccn(C2CCCC2)n1)NC. The minimum atomic E-state index is 0.265. The van der Waals surface area contributed by atoms with Gasteiger partial charge in [0.1, 0.15) is 0 Å². The summed E-state index contributed by atoms with van der Waals surface area (Å²) in [6, 6.07) is 3.14. The summed E-state index contributed by atoms with van der Waals surface area (Å²) in [5.74, 6) is 0. The van der Waals surface area contributed by atoms with Gasteiger partial charge in [-0.1, -0.05) is 26.2 Å². The van der Waals surface area contributed by atoms with Crippen molar-refractivity contribution in [2.75, 3.05) is 14.2 Å². The normalized spacial score (nSPS) is 19.4. The van der Waals surface area contributed by atoms with Crippen LogP contribution in [0.3, 0.4) is 0 Å². The molecule has 0 saturated heterocycles. The standard InChI is InChI=1S/C16H29N3O/c1-4-7-16(20-3)15(17-2)12-13-10-11-19(18-13)14-8-5-6-9-14/h10-11,14-17H,4-9,12H2,1-3H3. The van der Waals surface area contributed by atoms with Gasteiger partial charge in [-0.2, -0.15) is 5.10 Å². The van der Waals surface area contributed by atoms with Crippen molar-refractivity contribution in [3.05, 3.63) is 18.0 Å². The predicted octanol–water partition coefficient (Wildman–Crippen LogP) is 2.94. The van der Waals surface area contributed by atoms with Crippen molar-refractivity contribution in [1.82, 2.24) is 15.1 Å². The van der Waals surface area contributed by atoms with E-state index in [-0.39, 0.29) is 6.10 Å². The molecule has 0 amide bonds. The van der Waals surface area contributed by atoms with E-state index in [9.17, 15) is 0 Å². The Bertz CT molecular complexity index is 385. The zero-order valence-electron chi connectivity index (χ0n) is 13.1. The number of rotatable bonds is 8. The van der Waals surface area contributed by atoms with Crippen molar-refractivity contribution in [1.29, 1.82) is 0 Å². The molecule has 1 aromatic rings. The fourth-order valence-corrected chi connectivity index (χ4v) is 3.27. The van der Waals surface area contributed by atoms with Gasteiger partial charge >= 0.3 is 0 Å². The Labute approximate surface area is 122 Å². The molecule has 114 valence electrons. The molecule has 1 heterocycles. The second kappa shape index (κ2) is 7.79. The lowest BCUT2D eigenvalue weighted by Crippen LogP contribution is -2.40. The van der Waals surface area contributed by atoms with Crippen LogP contribution in [0.5, 0.6) is 0 Å². The first-order valence-corrected chi connectivity index (χ1v) is 8.02. The largest absolute Gasteiger partial charge is 0.380 e. The number of aromatic nitrogens is 2. The molecule has 0 aromatic carbocycles. The predicted molar refractivity (Wildman–Crippen MR) is 82.0 cm³/mol. The summed E-state index contributed by atoms with van der Waals surface area (Å²) in [5, 5.41) is 8.17. The fraction of sp³-hybridized carbons (Fsp3) is 0.812. The van der Waals surface area contributed by atoms with Gasteiger partial charge in [0.05, 0.1) is 17.8 Å². The maximum atomic E-state index is 5.63. The van der Waals surface area contributed by atoms with E-state index >= 15 is 0 Å². The van der Waals surface area contributed by atoms with Crippen LogP contribution < -0.4 is 5.32 Å². The van der Waals surface area contributed by atoms with Crippen molar-refractivity contribution in [2.45, 2.75) is 70.1 Å². The highest BCUT2D eigenvalue weighted by Crippen LogP contribution is 2.28. The maximum absolute atomic E-state index is 5.63. The van der Waals surface area contributed by atoms with Crippen LogP contribution in [0.25, 0.3) is 0 Å². The number of hydrogen-bond acceptors (Lipinski definition) is 3. The zero-order chi connectivity index (χ0) is 14.4. The number of hydrogen-bond donors (Lipinski definition) is 1. The second-order valence-electron chi connectivity index (χ2n) is 5.89. The molecule has 1 saturated carbocycles. The van der Waals surface area contributed by atoms with Gasteiger partial charge in [-0.25, -0.2) is 0 Å². The van der Waals surface area contributed by atoms with Crippen LogP contribution in [-0.4, -0.2) is 36.1 Å². The minimum Gasteiger partial charge on any atom is -0.380 e. The van der Waals surface area contributed by atoms with E-state index in [1.165, 1.54) is 31.4 Å². The van der Waals surface area contributed by atoms with Crippen LogP contribution in [0, 0.1) is 0 Å². The van der Waals surface area contributed by atoms with Crippen molar-refractivity contribution in [2.24, 2.45) is 0 Å². The summed E-state index contributed by atoms with van der Waals surface area (Å²) >= 11 is 0. The number of nitrogens with zero attached hydrogens (tertiary/aromatic N) is 2. The van der Waals surface area contributed by atoms with E-state index in [4.69, 9.17) is 9.84 Å². The van der Waals surface area contributed by atoms with E-state index in [0.29, 0.717) is 12.1 Å². The summed E-state index contributed by atoms with van der Waals surface area (Å²) in [4.78, 5) is 0. The van der Waals surface area contributed by atoms with Gasteiger partial charge in [-0.15, -0.1) is 0 Å². The smallest absolute Gasteiger partial charge is 0.0727 e. The molecule has 4 heteroatoms. The molecule has 0 aliphatic heterocycles. The first-order valence-electron chi connectivity index (χ1n) is 8.02. The topological polar surface area (TPSA) is 39.1 Å². The molecule has 2 atom stereocenters. The highest BCUT2D eigenvalue weighted by molar-refractivity contribution is 5.03. The van der Waals surface area contributed by atoms with Crippen molar-refractivity contribution in [3.63, 3.8) is 0 Å². The third-order valence-corrected chi connectivity index (χ3v) is 4.49. The van der Waals surface area contributed by atoms with Crippen LogP contribution >= 0.6 is 0 Å². The molecule has 0 radical (unpaired) electrons. The molecule has 1 aromatic heterocycles. The molecular weight excluding hydrogens is 250 g/mol. The Morgan fingerprint density at radius 2 is 2.20 bits per heavy atom. The van der Waals surface area contributed by atoms with E-state index in [0.717, 1.165) is 19.3 Å². The zero-order valence-corrected chi connectivity index (χ0v) is 13.1. The van der Waals surface area contributed by atoms with E-state index in [2.05, 4.69) is 29.2 Å². The summed E-state index contributed by atoms with van der Waals surface area (Å²) in [6.45, 7) is 2.20. The number of ether oxygens (including phenoxy) is 1. The van der Waals surface area contributed by atoms with Crippen LogP contribution in [-0.2, 0) is 11.2 Å². The monoisotopic (exact) mass is 279 g/mol. The highest BCUT2D eigenvalue weighted by Gasteiger charge is 2.22. The van der Waals surface area contributed by atoms with Gasteiger partial charge in [0.15, 0.2) is 0 Å². The average molecular weight is 279 g/mol. The van der Waals surface area contributed by atoms with Crippen LogP contribution in [0.15, 0.2) is 12.3 Å². The number of methoxy groups -OCH3 is 1. The fourth-order valence-electron chi connectivity index (χ4n) is 3.27. The molecule has 2 rings (SSSR count). The Morgan fingerprint density at radius 3 is 2.80 bits per heavy atom. The highest BCUT2D eigenvalue weighted by atomic mass is 16.5. The molecular formula is C16H29N3O. The first kappa shape index (κ1) is 15.5. The van der Waals surface area contributed by atoms with Crippen LogP contribution in [0.4, 0.5) is 0 Å². The molecule has 1 aliphatic carbocycles.